The summed E-state index contributed by atoms with van der Waals surface area (Å²) in [5.41, 5.74) is 1.28. The molecule has 2 heterocycles. The maximum absolute atomic E-state index is 12.8. The Morgan fingerprint density at radius 2 is 1.86 bits per heavy atom. The fraction of sp³-hybridized carbons (Fsp3) is 0.192. The minimum absolute atomic E-state index is 0.156. The standard InChI is InChI=1S/C26H22N2O7S/c1-2-3-14-34-25(30)18-10-8-17(9-11-18)22-13-12-20(35-22)15-23-24(29)27(26(31)36-23)16-19-6-4-5-7-21(19)28(32)33/h4-13,15H,2-3,14,16H2,1H3/b23-15-. The second-order valence-corrected chi connectivity index (χ2v) is 8.92. The van der Waals surface area contributed by atoms with Gasteiger partial charge in [-0.05, 0) is 42.4 Å². The van der Waals surface area contributed by atoms with Crippen molar-refractivity contribution in [3.05, 3.63) is 92.6 Å². The molecule has 0 aliphatic carbocycles. The summed E-state index contributed by atoms with van der Waals surface area (Å²) >= 11 is 0.746. The van der Waals surface area contributed by atoms with Gasteiger partial charge in [-0.2, -0.15) is 0 Å². The lowest BCUT2D eigenvalue weighted by Crippen LogP contribution is -2.27. The summed E-state index contributed by atoms with van der Waals surface area (Å²) in [6.45, 7) is 2.20. The molecule has 4 rings (SSSR count). The molecular weight excluding hydrogens is 484 g/mol. The van der Waals surface area contributed by atoms with Gasteiger partial charge in [-0.25, -0.2) is 4.79 Å². The molecule has 2 amide bonds. The largest absolute Gasteiger partial charge is 0.462 e. The number of nitrogens with zero attached hydrogens (tertiary/aromatic N) is 2. The quantitative estimate of drug-likeness (QED) is 0.113. The van der Waals surface area contributed by atoms with E-state index in [1.165, 1.54) is 24.3 Å². The van der Waals surface area contributed by atoms with Crippen LogP contribution in [0.1, 0.15) is 41.4 Å². The van der Waals surface area contributed by atoms with E-state index in [1.54, 1.807) is 42.5 Å². The second kappa shape index (κ2) is 11.0. The highest BCUT2D eigenvalue weighted by Gasteiger charge is 2.36. The number of nitro benzene ring substituents is 1. The van der Waals surface area contributed by atoms with Crippen LogP contribution in [0, 0.1) is 10.1 Å². The number of para-hydroxylation sites is 1. The summed E-state index contributed by atoms with van der Waals surface area (Å²) in [4.78, 5) is 49.2. The van der Waals surface area contributed by atoms with Gasteiger partial charge in [0.2, 0.25) is 0 Å². The van der Waals surface area contributed by atoms with Crippen LogP contribution in [0.3, 0.4) is 0 Å². The zero-order valence-corrected chi connectivity index (χ0v) is 20.2. The number of amides is 2. The van der Waals surface area contributed by atoms with Crippen molar-refractivity contribution >= 4 is 40.6 Å². The first kappa shape index (κ1) is 24.9. The predicted molar refractivity (Wildman–Crippen MR) is 134 cm³/mol. The number of nitro groups is 1. The van der Waals surface area contributed by atoms with Crippen LogP contribution in [0.2, 0.25) is 0 Å². The maximum Gasteiger partial charge on any atom is 0.338 e. The van der Waals surface area contributed by atoms with E-state index in [0.29, 0.717) is 23.7 Å². The molecule has 2 aromatic carbocycles. The summed E-state index contributed by atoms with van der Waals surface area (Å²) in [7, 11) is 0. The number of carbonyl (C=O) groups excluding carboxylic acids is 3. The van der Waals surface area contributed by atoms with Gasteiger partial charge in [-0.15, -0.1) is 0 Å². The van der Waals surface area contributed by atoms with Crippen LogP contribution in [0.25, 0.3) is 17.4 Å². The Bertz CT molecular complexity index is 1340. The summed E-state index contributed by atoms with van der Waals surface area (Å²) in [5, 5.41) is 10.7. The fourth-order valence-corrected chi connectivity index (χ4v) is 4.33. The van der Waals surface area contributed by atoms with Gasteiger partial charge < -0.3 is 9.15 Å². The Hall–Kier alpha value is -4.18. The van der Waals surface area contributed by atoms with Crippen molar-refractivity contribution in [1.29, 1.82) is 0 Å². The molecular formula is C26H22N2O7S. The van der Waals surface area contributed by atoms with Crippen molar-refractivity contribution in [1.82, 2.24) is 4.90 Å². The molecule has 184 valence electrons. The summed E-state index contributed by atoms with van der Waals surface area (Å²) < 4.78 is 11.0. The number of benzene rings is 2. The smallest absolute Gasteiger partial charge is 0.338 e. The molecule has 36 heavy (non-hydrogen) atoms. The van der Waals surface area contributed by atoms with Gasteiger partial charge in [0.15, 0.2) is 0 Å². The Labute approximate surface area is 210 Å². The van der Waals surface area contributed by atoms with Gasteiger partial charge in [-0.1, -0.05) is 43.7 Å². The van der Waals surface area contributed by atoms with Crippen LogP contribution >= 0.6 is 11.8 Å². The number of imide groups is 1. The summed E-state index contributed by atoms with van der Waals surface area (Å²) in [6, 6.07) is 16.1. The number of carbonyl (C=O) groups is 3. The van der Waals surface area contributed by atoms with E-state index in [-0.39, 0.29) is 28.7 Å². The molecule has 0 saturated carbocycles. The predicted octanol–water partition coefficient (Wildman–Crippen LogP) is 6.05. The van der Waals surface area contributed by atoms with Crippen LogP contribution in [-0.4, -0.2) is 33.5 Å². The van der Waals surface area contributed by atoms with E-state index in [1.807, 2.05) is 6.92 Å². The van der Waals surface area contributed by atoms with Gasteiger partial charge in [0, 0.05) is 23.3 Å². The van der Waals surface area contributed by atoms with Gasteiger partial charge in [-0.3, -0.25) is 24.6 Å². The van der Waals surface area contributed by atoms with Gasteiger partial charge in [0.05, 0.1) is 28.5 Å². The average Bonchev–Trinajstić information content (AvgIpc) is 3.44. The first-order valence-electron chi connectivity index (χ1n) is 11.2. The van der Waals surface area contributed by atoms with Crippen molar-refractivity contribution in [3.8, 4) is 11.3 Å². The van der Waals surface area contributed by atoms with Gasteiger partial charge in [0.1, 0.15) is 11.5 Å². The lowest BCUT2D eigenvalue weighted by molar-refractivity contribution is -0.385. The number of hydrogen-bond acceptors (Lipinski definition) is 8. The molecule has 9 nitrogen and oxygen atoms in total. The molecule has 10 heteroatoms. The Morgan fingerprint density at radius 3 is 2.58 bits per heavy atom. The highest BCUT2D eigenvalue weighted by atomic mass is 32.2. The van der Waals surface area contributed by atoms with Crippen LogP contribution in [-0.2, 0) is 16.1 Å². The van der Waals surface area contributed by atoms with E-state index < -0.39 is 16.1 Å². The van der Waals surface area contributed by atoms with E-state index in [9.17, 15) is 24.5 Å². The van der Waals surface area contributed by atoms with E-state index in [0.717, 1.165) is 35.1 Å². The molecule has 0 atom stereocenters. The molecule has 1 fully saturated rings. The van der Waals surface area contributed by atoms with Crippen molar-refractivity contribution < 1.29 is 28.5 Å². The molecule has 0 bridgehead atoms. The maximum atomic E-state index is 12.8. The first-order valence-corrected chi connectivity index (χ1v) is 12.0. The van der Waals surface area contributed by atoms with Gasteiger partial charge >= 0.3 is 5.97 Å². The number of unbranched alkanes of at least 4 members (excludes halogenated alkanes) is 1. The third-order valence-corrected chi connectivity index (χ3v) is 6.33. The van der Waals surface area contributed by atoms with Crippen molar-refractivity contribution in [3.63, 3.8) is 0 Å². The number of ether oxygens (including phenoxy) is 1. The molecule has 1 aliphatic rings. The van der Waals surface area contributed by atoms with Crippen LogP contribution < -0.4 is 0 Å². The molecule has 3 aromatic rings. The number of hydrogen-bond donors (Lipinski definition) is 0. The van der Waals surface area contributed by atoms with E-state index in [2.05, 4.69) is 0 Å². The van der Waals surface area contributed by atoms with Crippen molar-refractivity contribution in [2.45, 2.75) is 26.3 Å². The summed E-state index contributed by atoms with van der Waals surface area (Å²) in [5.74, 6) is -0.0470. The SMILES string of the molecule is CCCCOC(=O)c1ccc(-c2ccc(/C=C3\SC(=O)N(Cc4ccccc4[N+](=O)[O-])C3=O)o2)cc1. The van der Waals surface area contributed by atoms with E-state index >= 15 is 0 Å². The van der Waals surface area contributed by atoms with Crippen LogP contribution in [0.4, 0.5) is 10.5 Å². The van der Waals surface area contributed by atoms with Gasteiger partial charge in [0.25, 0.3) is 16.8 Å². The minimum atomic E-state index is -0.549. The normalized spacial score (nSPS) is 14.5. The lowest BCUT2D eigenvalue weighted by Gasteiger charge is -2.12. The number of rotatable bonds is 9. The minimum Gasteiger partial charge on any atom is -0.462 e. The topological polar surface area (TPSA) is 120 Å². The second-order valence-electron chi connectivity index (χ2n) is 7.92. The third kappa shape index (κ3) is 5.55. The summed E-state index contributed by atoms with van der Waals surface area (Å²) in [6.07, 6.45) is 3.22. The van der Waals surface area contributed by atoms with E-state index in [4.69, 9.17) is 9.15 Å². The zero-order chi connectivity index (χ0) is 25.7. The molecule has 0 unspecified atom stereocenters. The highest BCUT2D eigenvalue weighted by molar-refractivity contribution is 8.18. The fourth-order valence-electron chi connectivity index (χ4n) is 3.51. The van der Waals surface area contributed by atoms with Crippen molar-refractivity contribution in [2.24, 2.45) is 0 Å². The number of furan rings is 1. The molecule has 1 aliphatic heterocycles. The third-order valence-electron chi connectivity index (χ3n) is 5.43. The molecule has 1 aromatic heterocycles. The zero-order valence-electron chi connectivity index (χ0n) is 19.3. The van der Waals surface area contributed by atoms with Crippen LogP contribution in [0.15, 0.2) is 70.0 Å². The average molecular weight is 507 g/mol. The first-order chi connectivity index (χ1) is 17.4. The molecule has 1 saturated heterocycles. The van der Waals surface area contributed by atoms with Crippen molar-refractivity contribution in [2.75, 3.05) is 6.61 Å². The van der Waals surface area contributed by atoms with Crippen LogP contribution in [0.5, 0.6) is 0 Å². The Morgan fingerprint density at radius 1 is 1.11 bits per heavy atom. The highest BCUT2D eigenvalue weighted by Crippen LogP contribution is 2.35. The molecule has 0 N–H and O–H groups in total. The monoisotopic (exact) mass is 506 g/mol. The number of esters is 1. The lowest BCUT2D eigenvalue weighted by atomic mass is 10.1. The number of thioether (sulfide) groups is 1. The molecule has 0 spiro atoms. The Kier molecular flexibility index (Phi) is 7.65. The Balaban J connectivity index is 1.46. The molecule has 0 radical (unpaired) electrons.